The van der Waals surface area contributed by atoms with Crippen molar-refractivity contribution >= 4 is 28.8 Å². The molecule has 2 nitrogen and oxygen atoms in total. The second kappa shape index (κ2) is 5.17. The molecule has 0 aliphatic rings. The summed E-state index contributed by atoms with van der Waals surface area (Å²) in [4.78, 5) is 0.378. The number of benzene rings is 2. The molecule has 0 amide bonds. The van der Waals surface area contributed by atoms with Gasteiger partial charge in [-0.3, -0.25) is 0 Å². The van der Waals surface area contributed by atoms with E-state index in [9.17, 15) is 0 Å². The van der Waals surface area contributed by atoms with E-state index in [1.165, 1.54) is 0 Å². The predicted molar refractivity (Wildman–Crippen MR) is 73.9 cm³/mol. The third-order valence-corrected chi connectivity index (χ3v) is 2.68. The van der Waals surface area contributed by atoms with Crippen LogP contribution in [0.3, 0.4) is 0 Å². The molecule has 0 fully saturated rings. The van der Waals surface area contributed by atoms with E-state index >= 15 is 0 Å². The molecule has 0 radical (unpaired) electrons. The monoisotopic (exact) mass is 263 g/mol. The van der Waals surface area contributed by atoms with Crippen LogP contribution in [0, 0.1) is 0 Å². The van der Waals surface area contributed by atoms with Crippen molar-refractivity contribution in [1.29, 1.82) is 0 Å². The van der Waals surface area contributed by atoms with E-state index in [0.29, 0.717) is 10.0 Å². The summed E-state index contributed by atoms with van der Waals surface area (Å²) in [7, 11) is 0. The lowest BCUT2D eigenvalue weighted by Crippen LogP contribution is -2.08. The van der Waals surface area contributed by atoms with E-state index in [1.54, 1.807) is 12.1 Å². The Morgan fingerprint density at radius 1 is 0.941 bits per heavy atom. The van der Waals surface area contributed by atoms with Gasteiger partial charge in [0.05, 0.1) is 0 Å². The first-order chi connectivity index (χ1) is 8.15. The Bertz CT molecular complexity index is 522. The van der Waals surface area contributed by atoms with Gasteiger partial charge in [-0.2, -0.15) is 0 Å². The SMILES string of the molecule is NC(=S)c1ccc(Oc2ccc(Cl)cc2)cc1. The Kier molecular flexibility index (Phi) is 3.61. The highest BCUT2D eigenvalue weighted by Gasteiger charge is 1.99. The third-order valence-electron chi connectivity index (χ3n) is 2.19. The average molecular weight is 264 g/mol. The van der Waals surface area contributed by atoms with Gasteiger partial charge in [-0.05, 0) is 48.5 Å². The van der Waals surface area contributed by atoms with E-state index in [2.05, 4.69) is 0 Å². The molecule has 0 saturated carbocycles. The summed E-state index contributed by atoms with van der Waals surface area (Å²) >= 11 is 10.7. The zero-order valence-electron chi connectivity index (χ0n) is 8.89. The predicted octanol–water partition coefficient (Wildman–Crippen LogP) is 3.77. The van der Waals surface area contributed by atoms with Gasteiger partial charge in [0, 0.05) is 10.6 Å². The van der Waals surface area contributed by atoms with Crippen molar-refractivity contribution in [3.05, 3.63) is 59.1 Å². The first kappa shape index (κ1) is 11.9. The average Bonchev–Trinajstić information content (AvgIpc) is 2.33. The van der Waals surface area contributed by atoms with Gasteiger partial charge < -0.3 is 10.5 Å². The molecule has 0 aromatic heterocycles. The Morgan fingerprint density at radius 3 is 1.88 bits per heavy atom. The molecule has 0 bridgehead atoms. The van der Waals surface area contributed by atoms with Gasteiger partial charge in [-0.15, -0.1) is 0 Å². The second-order valence-electron chi connectivity index (χ2n) is 3.44. The van der Waals surface area contributed by atoms with Crippen LogP contribution in [0.1, 0.15) is 5.56 Å². The van der Waals surface area contributed by atoms with Crippen LogP contribution in [-0.4, -0.2) is 4.99 Å². The van der Waals surface area contributed by atoms with Crippen molar-refractivity contribution in [1.82, 2.24) is 0 Å². The molecule has 0 heterocycles. The van der Waals surface area contributed by atoms with Crippen LogP contribution in [0.2, 0.25) is 5.02 Å². The fourth-order valence-corrected chi connectivity index (χ4v) is 1.59. The van der Waals surface area contributed by atoms with Crippen molar-refractivity contribution < 1.29 is 4.74 Å². The minimum atomic E-state index is 0.378. The smallest absolute Gasteiger partial charge is 0.127 e. The van der Waals surface area contributed by atoms with Gasteiger partial charge in [0.25, 0.3) is 0 Å². The van der Waals surface area contributed by atoms with Gasteiger partial charge in [-0.25, -0.2) is 0 Å². The first-order valence-corrected chi connectivity index (χ1v) is 5.77. The van der Waals surface area contributed by atoms with Gasteiger partial charge >= 0.3 is 0 Å². The molecule has 86 valence electrons. The molecule has 2 aromatic rings. The molecule has 0 saturated heterocycles. The van der Waals surface area contributed by atoms with Crippen molar-refractivity contribution in [2.45, 2.75) is 0 Å². The van der Waals surface area contributed by atoms with Crippen molar-refractivity contribution in [2.75, 3.05) is 0 Å². The first-order valence-electron chi connectivity index (χ1n) is 4.98. The molecule has 17 heavy (non-hydrogen) atoms. The number of hydrogen-bond donors (Lipinski definition) is 1. The van der Waals surface area contributed by atoms with E-state index in [-0.39, 0.29) is 0 Å². The topological polar surface area (TPSA) is 35.2 Å². The number of halogens is 1. The summed E-state index contributed by atoms with van der Waals surface area (Å²) < 4.78 is 5.63. The summed E-state index contributed by atoms with van der Waals surface area (Å²) in [6, 6.07) is 14.5. The molecule has 0 unspecified atom stereocenters. The lowest BCUT2D eigenvalue weighted by Gasteiger charge is -2.06. The zero-order chi connectivity index (χ0) is 12.3. The van der Waals surface area contributed by atoms with E-state index in [1.807, 2.05) is 36.4 Å². The highest BCUT2D eigenvalue weighted by molar-refractivity contribution is 7.80. The lowest BCUT2D eigenvalue weighted by atomic mass is 10.2. The fraction of sp³-hybridized carbons (Fsp3) is 0. The Morgan fingerprint density at radius 2 is 1.41 bits per heavy atom. The maximum absolute atomic E-state index is 5.79. The standard InChI is InChI=1S/C13H10ClNOS/c14-10-3-7-12(8-4-10)16-11-5-1-9(2-6-11)13(15)17/h1-8H,(H2,15,17). The van der Waals surface area contributed by atoms with Crippen LogP contribution in [0.4, 0.5) is 0 Å². The molecule has 0 aliphatic heterocycles. The number of thiocarbonyl (C=S) groups is 1. The number of nitrogens with two attached hydrogens (primary N) is 1. The highest BCUT2D eigenvalue weighted by atomic mass is 35.5. The summed E-state index contributed by atoms with van der Waals surface area (Å²) in [5.41, 5.74) is 6.33. The van der Waals surface area contributed by atoms with Crippen LogP contribution < -0.4 is 10.5 Å². The maximum atomic E-state index is 5.79. The van der Waals surface area contributed by atoms with Crippen molar-refractivity contribution in [3.8, 4) is 11.5 Å². The molecular formula is C13H10ClNOS. The minimum Gasteiger partial charge on any atom is -0.457 e. The van der Waals surface area contributed by atoms with Gasteiger partial charge in [0.1, 0.15) is 16.5 Å². The second-order valence-corrected chi connectivity index (χ2v) is 4.32. The molecule has 2 rings (SSSR count). The minimum absolute atomic E-state index is 0.378. The Hall–Kier alpha value is -1.58. The molecule has 0 atom stereocenters. The Labute approximate surface area is 110 Å². The highest BCUT2D eigenvalue weighted by Crippen LogP contribution is 2.23. The molecule has 0 aliphatic carbocycles. The van der Waals surface area contributed by atoms with Crippen LogP contribution in [0.5, 0.6) is 11.5 Å². The number of hydrogen-bond acceptors (Lipinski definition) is 2. The Balaban J connectivity index is 2.13. The molecular weight excluding hydrogens is 254 g/mol. The third kappa shape index (κ3) is 3.19. The molecule has 0 spiro atoms. The zero-order valence-corrected chi connectivity index (χ0v) is 10.5. The number of ether oxygens (including phenoxy) is 1. The van der Waals surface area contributed by atoms with Crippen LogP contribution >= 0.6 is 23.8 Å². The number of rotatable bonds is 3. The van der Waals surface area contributed by atoms with E-state index < -0.39 is 0 Å². The van der Waals surface area contributed by atoms with Gasteiger partial charge in [0.15, 0.2) is 0 Å². The summed E-state index contributed by atoms with van der Waals surface area (Å²) in [6.07, 6.45) is 0. The lowest BCUT2D eigenvalue weighted by molar-refractivity contribution is 0.482. The largest absolute Gasteiger partial charge is 0.457 e. The van der Waals surface area contributed by atoms with E-state index in [4.69, 9.17) is 34.3 Å². The maximum Gasteiger partial charge on any atom is 0.127 e. The van der Waals surface area contributed by atoms with Crippen LogP contribution in [0.15, 0.2) is 48.5 Å². The molecule has 4 heteroatoms. The quantitative estimate of drug-likeness (QED) is 0.857. The van der Waals surface area contributed by atoms with Crippen LogP contribution in [0.25, 0.3) is 0 Å². The van der Waals surface area contributed by atoms with Crippen molar-refractivity contribution in [3.63, 3.8) is 0 Å². The normalized spacial score (nSPS) is 9.94. The summed E-state index contributed by atoms with van der Waals surface area (Å²) in [5, 5.41) is 0.682. The van der Waals surface area contributed by atoms with E-state index in [0.717, 1.165) is 17.1 Å². The van der Waals surface area contributed by atoms with Crippen LogP contribution in [-0.2, 0) is 0 Å². The van der Waals surface area contributed by atoms with Gasteiger partial charge in [-0.1, -0.05) is 23.8 Å². The summed E-state index contributed by atoms with van der Waals surface area (Å²) in [6.45, 7) is 0. The molecule has 2 N–H and O–H groups in total. The van der Waals surface area contributed by atoms with Crippen molar-refractivity contribution in [2.24, 2.45) is 5.73 Å². The fourth-order valence-electron chi connectivity index (χ4n) is 1.33. The summed E-state index contributed by atoms with van der Waals surface area (Å²) in [5.74, 6) is 1.46. The molecule has 2 aromatic carbocycles. The van der Waals surface area contributed by atoms with Gasteiger partial charge in [0.2, 0.25) is 0 Å².